The average Bonchev–Trinajstić information content (AvgIpc) is 3.18. The van der Waals surface area contributed by atoms with E-state index in [0.29, 0.717) is 32.1 Å². The fraction of sp³-hybridized carbons (Fsp3) is 0.421. The maximum Gasteiger partial charge on any atom is 0.261 e. The van der Waals surface area contributed by atoms with Crippen LogP contribution in [-0.2, 0) is 26.1 Å². The minimum atomic E-state index is -3.51. The number of carbonyl (C=O) groups excluding carboxylic acids is 1. The first-order chi connectivity index (χ1) is 13.4. The van der Waals surface area contributed by atoms with Gasteiger partial charge in [-0.3, -0.25) is 4.79 Å². The van der Waals surface area contributed by atoms with Gasteiger partial charge in [0.1, 0.15) is 9.96 Å². The standard InChI is InChI=1S/C19H24N2O5S2/c1-14-3-5-16(6-4-14)26-15(2)19(22)20-13-17-7-8-18(27-17)28(23,24)21-9-11-25-12-10-21/h3-8,15H,9-13H2,1-2H3,(H,20,22). The summed E-state index contributed by atoms with van der Waals surface area (Å²) in [5.41, 5.74) is 1.12. The molecule has 2 aromatic rings. The number of ether oxygens (including phenoxy) is 2. The van der Waals surface area contributed by atoms with Crippen molar-refractivity contribution >= 4 is 27.3 Å². The normalized spacial score (nSPS) is 16.5. The molecule has 1 fully saturated rings. The molecule has 1 saturated heterocycles. The van der Waals surface area contributed by atoms with Gasteiger partial charge < -0.3 is 14.8 Å². The second-order valence-electron chi connectivity index (χ2n) is 6.53. The lowest BCUT2D eigenvalue weighted by atomic mass is 10.2. The van der Waals surface area contributed by atoms with Crippen molar-refractivity contribution in [1.29, 1.82) is 0 Å². The zero-order valence-electron chi connectivity index (χ0n) is 15.9. The summed E-state index contributed by atoms with van der Waals surface area (Å²) in [5.74, 6) is 0.370. The molecule has 2 heterocycles. The summed E-state index contributed by atoms with van der Waals surface area (Å²) >= 11 is 1.17. The van der Waals surface area contributed by atoms with Gasteiger partial charge in [0.25, 0.3) is 15.9 Å². The molecule has 0 radical (unpaired) electrons. The Morgan fingerprint density at radius 2 is 1.89 bits per heavy atom. The van der Waals surface area contributed by atoms with E-state index < -0.39 is 16.1 Å². The number of carbonyl (C=O) groups is 1. The minimum Gasteiger partial charge on any atom is -0.481 e. The van der Waals surface area contributed by atoms with Gasteiger partial charge in [-0.2, -0.15) is 4.31 Å². The summed E-state index contributed by atoms with van der Waals surface area (Å²) < 4.78 is 37.9. The molecule has 3 rings (SSSR count). The van der Waals surface area contributed by atoms with E-state index in [1.807, 2.05) is 31.2 Å². The molecule has 9 heteroatoms. The van der Waals surface area contributed by atoms with E-state index in [0.717, 1.165) is 10.4 Å². The van der Waals surface area contributed by atoms with E-state index in [-0.39, 0.29) is 16.7 Å². The molecule has 1 amide bonds. The van der Waals surface area contributed by atoms with Gasteiger partial charge in [0.05, 0.1) is 19.8 Å². The van der Waals surface area contributed by atoms with E-state index >= 15 is 0 Å². The Labute approximate surface area is 169 Å². The molecule has 28 heavy (non-hydrogen) atoms. The number of sulfonamides is 1. The first kappa shape index (κ1) is 20.8. The van der Waals surface area contributed by atoms with Gasteiger partial charge in [0, 0.05) is 18.0 Å². The topological polar surface area (TPSA) is 84.9 Å². The Balaban J connectivity index is 1.54. The van der Waals surface area contributed by atoms with Gasteiger partial charge in [-0.05, 0) is 38.1 Å². The predicted molar refractivity (Wildman–Crippen MR) is 107 cm³/mol. The van der Waals surface area contributed by atoms with Crippen molar-refractivity contribution in [1.82, 2.24) is 9.62 Å². The van der Waals surface area contributed by atoms with Crippen molar-refractivity contribution in [3.63, 3.8) is 0 Å². The second kappa shape index (κ2) is 9.04. The highest BCUT2D eigenvalue weighted by Gasteiger charge is 2.27. The first-order valence-electron chi connectivity index (χ1n) is 9.04. The Morgan fingerprint density at radius 1 is 1.21 bits per heavy atom. The van der Waals surface area contributed by atoms with Gasteiger partial charge in [-0.1, -0.05) is 17.7 Å². The second-order valence-corrected chi connectivity index (χ2v) is 9.86. The molecule has 0 saturated carbocycles. The van der Waals surface area contributed by atoms with E-state index in [1.165, 1.54) is 15.6 Å². The van der Waals surface area contributed by atoms with Crippen LogP contribution in [-0.4, -0.2) is 51.0 Å². The average molecular weight is 425 g/mol. The number of hydrogen-bond donors (Lipinski definition) is 1. The number of nitrogens with zero attached hydrogens (tertiary/aromatic N) is 1. The third-order valence-corrected chi connectivity index (χ3v) is 7.79. The SMILES string of the molecule is Cc1ccc(OC(C)C(=O)NCc2ccc(S(=O)(=O)N3CCOCC3)s2)cc1. The molecule has 1 aromatic carbocycles. The summed E-state index contributed by atoms with van der Waals surface area (Å²) in [6.07, 6.45) is -0.653. The molecule has 7 nitrogen and oxygen atoms in total. The molecule has 1 N–H and O–H groups in total. The fourth-order valence-electron chi connectivity index (χ4n) is 2.70. The zero-order valence-corrected chi connectivity index (χ0v) is 17.5. The number of nitrogens with one attached hydrogen (secondary N) is 1. The highest BCUT2D eigenvalue weighted by atomic mass is 32.2. The van der Waals surface area contributed by atoms with Gasteiger partial charge in [-0.25, -0.2) is 8.42 Å². The number of hydrogen-bond acceptors (Lipinski definition) is 6. The van der Waals surface area contributed by atoms with Crippen molar-refractivity contribution in [3.8, 4) is 5.75 Å². The van der Waals surface area contributed by atoms with Crippen molar-refractivity contribution in [2.24, 2.45) is 0 Å². The van der Waals surface area contributed by atoms with Crippen LogP contribution < -0.4 is 10.1 Å². The van der Waals surface area contributed by atoms with Gasteiger partial charge >= 0.3 is 0 Å². The monoisotopic (exact) mass is 424 g/mol. The molecule has 1 aromatic heterocycles. The molecular formula is C19H24N2O5S2. The van der Waals surface area contributed by atoms with Crippen molar-refractivity contribution in [2.75, 3.05) is 26.3 Å². The Hall–Kier alpha value is -1.94. The molecule has 1 unspecified atom stereocenters. The first-order valence-corrected chi connectivity index (χ1v) is 11.3. The maximum absolute atomic E-state index is 12.6. The van der Waals surface area contributed by atoms with E-state index in [2.05, 4.69) is 5.32 Å². The van der Waals surface area contributed by atoms with Crippen LogP contribution in [0.5, 0.6) is 5.75 Å². The van der Waals surface area contributed by atoms with Crippen LogP contribution in [0, 0.1) is 6.92 Å². The highest BCUT2D eigenvalue weighted by Crippen LogP contribution is 2.25. The van der Waals surface area contributed by atoms with Crippen LogP contribution in [0.4, 0.5) is 0 Å². The molecule has 0 bridgehead atoms. The fourth-order valence-corrected chi connectivity index (χ4v) is 5.56. The Kier molecular flexibility index (Phi) is 6.71. The highest BCUT2D eigenvalue weighted by molar-refractivity contribution is 7.91. The van der Waals surface area contributed by atoms with E-state index in [4.69, 9.17) is 9.47 Å². The molecule has 1 aliphatic rings. The molecular weight excluding hydrogens is 400 g/mol. The van der Waals surface area contributed by atoms with Crippen LogP contribution in [0.2, 0.25) is 0 Å². The van der Waals surface area contributed by atoms with E-state index in [1.54, 1.807) is 19.1 Å². The summed E-state index contributed by atoms with van der Waals surface area (Å²) in [7, 11) is -3.51. The third kappa shape index (κ3) is 5.11. The number of thiophene rings is 1. The van der Waals surface area contributed by atoms with Crippen LogP contribution in [0.1, 0.15) is 17.4 Å². The summed E-state index contributed by atoms with van der Waals surface area (Å²) in [6, 6.07) is 10.8. The maximum atomic E-state index is 12.6. The van der Waals surface area contributed by atoms with E-state index in [9.17, 15) is 13.2 Å². The molecule has 152 valence electrons. The summed E-state index contributed by atoms with van der Waals surface area (Å²) in [4.78, 5) is 13.0. The number of rotatable bonds is 7. The van der Waals surface area contributed by atoms with Crippen LogP contribution in [0.3, 0.4) is 0 Å². The van der Waals surface area contributed by atoms with Gasteiger partial charge in [-0.15, -0.1) is 11.3 Å². The lowest BCUT2D eigenvalue weighted by molar-refractivity contribution is -0.127. The number of aryl methyl sites for hydroxylation is 1. The molecule has 0 aliphatic carbocycles. The Bertz CT molecular complexity index is 903. The van der Waals surface area contributed by atoms with Crippen molar-refractivity contribution in [2.45, 2.75) is 30.7 Å². The van der Waals surface area contributed by atoms with Crippen molar-refractivity contribution < 1.29 is 22.7 Å². The lowest BCUT2D eigenvalue weighted by Crippen LogP contribution is -2.40. The zero-order chi connectivity index (χ0) is 20.1. The minimum absolute atomic E-state index is 0.254. The quantitative estimate of drug-likeness (QED) is 0.736. The number of benzene rings is 1. The molecule has 1 aliphatic heterocycles. The number of amides is 1. The largest absolute Gasteiger partial charge is 0.481 e. The van der Waals surface area contributed by atoms with Gasteiger partial charge in [0.2, 0.25) is 0 Å². The van der Waals surface area contributed by atoms with Crippen LogP contribution in [0.15, 0.2) is 40.6 Å². The summed E-state index contributed by atoms with van der Waals surface area (Å²) in [5, 5.41) is 2.79. The third-order valence-electron chi connectivity index (χ3n) is 4.34. The Morgan fingerprint density at radius 3 is 2.57 bits per heavy atom. The molecule has 1 atom stereocenters. The summed E-state index contributed by atoms with van der Waals surface area (Å²) in [6.45, 7) is 5.45. The smallest absolute Gasteiger partial charge is 0.261 e. The van der Waals surface area contributed by atoms with Crippen LogP contribution >= 0.6 is 11.3 Å². The molecule has 0 spiro atoms. The lowest BCUT2D eigenvalue weighted by Gasteiger charge is -2.25. The number of morpholine rings is 1. The van der Waals surface area contributed by atoms with Crippen LogP contribution in [0.25, 0.3) is 0 Å². The van der Waals surface area contributed by atoms with Crippen molar-refractivity contribution in [3.05, 3.63) is 46.8 Å². The van der Waals surface area contributed by atoms with Gasteiger partial charge in [0.15, 0.2) is 6.10 Å². The predicted octanol–water partition coefficient (Wildman–Crippen LogP) is 2.16.